The second-order valence-electron chi connectivity index (χ2n) is 4.72. The lowest BCUT2D eigenvalue weighted by molar-refractivity contribution is 0.0742. The Balaban J connectivity index is 2.20. The maximum atomic E-state index is 12.2. The van der Waals surface area contributed by atoms with Gasteiger partial charge in [0.2, 0.25) is 10.0 Å². The van der Waals surface area contributed by atoms with Gasteiger partial charge in [0.1, 0.15) is 6.26 Å². The SMILES string of the molecule is CC(c1ccc(S(N)(=O)=O)cc1)N(C)C(=O)c1ccoc1. The standard InChI is InChI=1S/C14H16N2O4S/c1-10(16(2)14(17)12-7-8-20-9-12)11-3-5-13(6-4-11)21(15,18)19/h3-10H,1-2H3,(H2,15,18,19). The highest BCUT2D eigenvalue weighted by molar-refractivity contribution is 7.89. The molecule has 6 nitrogen and oxygen atoms in total. The molecular formula is C14H16N2O4S. The molecule has 2 aromatic rings. The summed E-state index contributed by atoms with van der Waals surface area (Å²) < 4.78 is 27.3. The van der Waals surface area contributed by atoms with Crippen LogP contribution in [0.1, 0.15) is 28.9 Å². The van der Waals surface area contributed by atoms with Gasteiger partial charge in [0.05, 0.1) is 22.8 Å². The topological polar surface area (TPSA) is 93.6 Å². The maximum absolute atomic E-state index is 12.2. The molecule has 0 bridgehead atoms. The number of primary sulfonamides is 1. The van der Waals surface area contributed by atoms with E-state index in [0.29, 0.717) is 5.56 Å². The van der Waals surface area contributed by atoms with Crippen LogP contribution in [-0.2, 0) is 10.0 Å². The molecule has 0 fully saturated rings. The number of carbonyl (C=O) groups excluding carboxylic acids is 1. The van der Waals surface area contributed by atoms with E-state index in [9.17, 15) is 13.2 Å². The minimum atomic E-state index is -3.71. The molecule has 0 saturated heterocycles. The fourth-order valence-electron chi connectivity index (χ4n) is 1.93. The first-order valence-electron chi connectivity index (χ1n) is 6.23. The molecule has 0 aliphatic heterocycles. The molecule has 2 rings (SSSR count). The van der Waals surface area contributed by atoms with E-state index in [1.54, 1.807) is 30.1 Å². The van der Waals surface area contributed by atoms with E-state index in [1.807, 2.05) is 6.92 Å². The van der Waals surface area contributed by atoms with Gasteiger partial charge in [-0.3, -0.25) is 4.79 Å². The summed E-state index contributed by atoms with van der Waals surface area (Å²) in [6.45, 7) is 1.85. The van der Waals surface area contributed by atoms with Gasteiger partial charge in [-0.2, -0.15) is 0 Å². The number of hydrogen-bond acceptors (Lipinski definition) is 4. The van der Waals surface area contributed by atoms with Crippen molar-refractivity contribution in [1.29, 1.82) is 0 Å². The summed E-state index contributed by atoms with van der Waals surface area (Å²) in [6, 6.07) is 7.51. The fraction of sp³-hybridized carbons (Fsp3) is 0.214. The fourth-order valence-corrected chi connectivity index (χ4v) is 2.44. The summed E-state index contributed by atoms with van der Waals surface area (Å²) in [5.74, 6) is -0.174. The molecular weight excluding hydrogens is 292 g/mol. The quantitative estimate of drug-likeness (QED) is 0.931. The predicted molar refractivity (Wildman–Crippen MR) is 77.0 cm³/mol. The van der Waals surface area contributed by atoms with Crippen LogP contribution in [0.15, 0.2) is 52.2 Å². The van der Waals surface area contributed by atoms with Crippen molar-refractivity contribution in [3.8, 4) is 0 Å². The summed E-state index contributed by atoms with van der Waals surface area (Å²) >= 11 is 0. The van der Waals surface area contributed by atoms with Crippen LogP contribution in [0.25, 0.3) is 0 Å². The van der Waals surface area contributed by atoms with Crippen molar-refractivity contribution >= 4 is 15.9 Å². The van der Waals surface area contributed by atoms with E-state index in [-0.39, 0.29) is 16.8 Å². The van der Waals surface area contributed by atoms with Crippen molar-refractivity contribution < 1.29 is 17.6 Å². The normalized spacial score (nSPS) is 12.9. The Bertz CT molecular complexity index is 721. The lowest BCUT2D eigenvalue weighted by Gasteiger charge is -2.25. The van der Waals surface area contributed by atoms with Crippen molar-refractivity contribution in [2.45, 2.75) is 17.9 Å². The Morgan fingerprint density at radius 3 is 2.33 bits per heavy atom. The minimum absolute atomic E-state index is 0.0438. The maximum Gasteiger partial charge on any atom is 0.257 e. The zero-order valence-corrected chi connectivity index (χ0v) is 12.5. The van der Waals surface area contributed by atoms with Gasteiger partial charge >= 0.3 is 0 Å². The smallest absolute Gasteiger partial charge is 0.257 e. The zero-order valence-electron chi connectivity index (χ0n) is 11.7. The van der Waals surface area contributed by atoms with E-state index in [4.69, 9.17) is 9.56 Å². The first kappa shape index (κ1) is 15.3. The molecule has 0 aliphatic rings. The van der Waals surface area contributed by atoms with Crippen LogP contribution in [0.4, 0.5) is 0 Å². The van der Waals surface area contributed by atoms with Gasteiger partial charge < -0.3 is 9.32 Å². The Morgan fingerprint density at radius 2 is 1.86 bits per heavy atom. The second-order valence-corrected chi connectivity index (χ2v) is 6.28. The van der Waals surface area contributed by atoms with Gasteiger partial charge in [-0.1, -0.05) is 12.1 Å². The zero-order chi connectivity index (χ0) is 15.6. The number of nitrogens with zero attached hydrogens (tertiary/aromatic N) is 1. The van der Waals surface area contributed by atoms with Crippen molar-refractivity contribution in [3.05, 3.63) is 54.0 Å². The van der Waals surface area contributed by atoms with Crippen LogP contribution < -0.4 is 5.14 Å². The van der Waals surface area contributed by atoms with Gasteiger partial charge in [0.25, 0.3) is 5.91 Å². The van der Waals surface area contributed by atoms with Gasteiger partial charge in [-0.05, 0) is 30.7 Å². The first-order chi connectivity index (χ1) is 9.80. The lowest BCUT2D eigenvalue weighted by atomic mass is 10.1. The van der Waals surface area contributed by atoms with Crippen LogP contribution in [0.3, 0.4) is 0 Å². The largest absolute Gasteiger partial charge is 0.472 e. The first-order valence-corrected chi connectivity index (χ1v) is 7.77. The average molecular weight is 308 g/mol. The summed E-state index contributed by atoms with van der Waals surface area (Å²) in [5.41, 5.74) is 1.27. The summed E-state index contributed by atoms with van der Waals surface area (Å²) in [7, 11) is -2.04. The van der Waals surface area contributed by atoms with Gasteiger partial charge in [0, 0.05) is 7.05 Å². The van der Waals surface area contributed by atoms with Gasteiger partial charge in [0.15, 0.2) is 0 Å². The molecule has 0 radical (unpaired) electrons. The van der Waals surface area contributed by atoms with Gasteiger partial charge in [-0.15, -0.1) is 0 Å². The van der Waals surface area contributed by atoms with Crippen LogP contribution in [0.5, 0.6) is 0 Å². The number of furan rings is 1. The number of hydrogen-bond donors (Lipinski definition) is 1. The van der Waals surface area contributed by atoms with Crippen LogP contribution in [0, 0.1) is 0 Å². The molecule has 0 aliphatic carbocycles. The summed E-state index contributed by atoms with van der Waals surface area (Å²) in [4.78, 5) is 13.8. The van der Waals surface area contributed by atoms with Crippen LogP contribution in [0.2, 0.25) is 0 Å². The molecule has 1 aromatic carbocycles. The highest BCUT2D eigenvalue weighted by Gasteiger charge is 2.20. The highest BCUT2D eigenvalue weighted by atomic mass is 32.2. The van der Waals surface area contributed by atoms with Crippen molar-refractivity contribution in [3.63, 3.8) is 0 Å². The average Bonchev–Trinajstić information content (AvgIpc) is 2.98. The van der Waals surface area contributed by atoms with Crippen LogP contribution in [-0.4, -0.2) is 26.3 Å². The van der Waals surface area contributed by atoms with E-state index >= 15 is 0 Å². The highest BCUT2D eigenvalue weighted by Crippen LogP contribution is 2.22. The molecule has 7 heteroatoms. The molecule has 112 valence electrons. The summed E-state index contributed by atoms with van der Waals surface area (Å²) in [5, 5.41) is 5.05. The predicted octanol–water partition coefficient (Wildman–Crippen LogP) is 1.76. The Hall–Kier alpha value is -2.12. The molecule has 21 heavy (non-hydrogen) atoms. The monoisotopic (exact) mass is 308 g/mol. The lowest BCUT2D eigenvalue weighted by Crippen LogP contribution is -2.29. The van der Waals surface area contributed by atoms with E-state index in [2.05, 4.69) is 0 Å². The van der Waals surface area contributed by atoms with E-state index < -0.39 is 10.0 Å². The van der Waals surface area contributed by atoms with Gasteiger partial charge in [-0.25, -0.2) is 13.6 Å². The molecule has 1 aromatic heterocycles. The molecule has 2 N–H and O–H groups in total. The van der Waals surface area contributed by atoms with E-state index in [1.165, 1.54) is 24.7 Å². The Kier molecular flexibility index (Phi) is 4.15. The molecule has 1 amide bonds. The molecule has 0 spiro atoms. The number of benzene rings is 1. The van der Waals surface area contributed by atoms with Crippen molar-refractivity contribution in [1.82, 2.24) is 4.90 Å². The number of rotatable bonds is 4. The number of nitrogens with two attached hydrogens (primary N) is 1. The number of amides is 1. The Morgan fingerprint density at radius 1 is 1.24 bits per heavy atom. The van der Waals surface area contributed by atoms with Crippen LogP contribution >= 0.6 is 0 Å². The molecule has 1 heterocycles. The third-order valence-corrected chi connectivity index (χ3v) is 4.29. The minimum Gasteiger partial charge on any atom is -0.472 e. The number of carbonyl (C=O) groups is 1. The van der Waals surface area contributed by atoms with Crippen molar-refractivity contribution in [2.75, 3.05) is 7.05 Å². The third-order valence-electron chi connectivity index (χ3n) is 3.36. The third kappa shape index (κ3) is 3.32. The summed E-state index contributed by atoms with van der Waals surface area (Å²) in [6.07, 6.45) is 2.82. The second kappa shape index (κ2) is 5.71. The molecule has 1 unspecified atom stereocenters. The Labute approximate surface area is 123 Å². The molecule has 1 atom stereocenters. The molecule has 0 saturated carbocycles. The number of sulfonamides is 1. The van der Waals surface area contributed by atoms with Crippen molar-refractivity contribution in [2.24, 2.45) is 5.14 Å². The van der Waals surface area contributed by atoms with E-state index in [0.717, 1.165) is 5.56 Å².